The zero-order valence-corrected chi connectivity index (χ0v) is 13.9. The summed E-state index contributed by atoms with van der Waals surface area (Å²) in [7, 11) is 3.30. The van der Waals surface area contributed by atoms with Crippen molar-refractivity contribution in [3.05, 3.63) is 23.8 Å². The van der Waals surface area contributed by atoms with Crippen molar-refractivity contribution in [1.82, 2.24) is 4.90 Å². The second kappa shape index (κ2) is 7.34. The first-order valence-electron chi connectivity index (χ1n) is 7.27. The van der Waals surface area contributed by atoms with Crippen LogP contribution in [0.3, 0.4) is 0 Å². The van der Waals surface area contributed by atoms with Crippen molar-refractivity contribution in [3.63, 3.8) is 0 Å². The van der Waals surface area contributed by atoms with Gasteiger partial charge in [-0.3, -0.25) is 4.90 Å². The van der Waals surface area contributed by atoms with Crippen molar-refractivity contribution in [2.24, 2.45) is 0 Å². The van der Waals surface area contributed by atoms with Crippen LogP contribution in [0.5, 0.6) is 11.5 Å². The van der Waals surface area contributed by atoms with Gasteiger partial charge in [-0.15, -0.1) is 11.6 Å². The Hall–Kier alpha value is -0.970. The first-order chi connectivity index (χ1) is 10.0. The van der Waals surface area contributed by atoms with E-state index in [0.717, 1.165) is 36.7 Å². The molecule has 0 radical (unpaired) electrons. The summed E-state index contributed by atoms with van der Waals surface area (Å²) in [5.41, 5.74) is 0.992. The standard InChI is InChI=1S/C16H24ClNO3/c1-11-8-18(9-12(2)21-11)10-15(17)14-6-5-13(19-3)7-16(14)20-4/h5-7,11-12,15H,8-10H2,1-4H3. The summed E-state index contributed by atoms with van der Waals surface area (Å²) >= 11 is 6.61. The van der Waals surface area contributed by atoms with Crippen LogP contribution in [0.25, 0.3) is 0 Å². The molecule has 1 aliphatic rings. The number of rotatable bonds is 5. The van der Waals surface area contributed by atoms with E-state index < -0.39 is 0 Å². The number of benzene rings is 1. The topological polar surface area (TPSA) is 30.9 Å². The Morgan fingerprint density at radius 2 is 1.90 bits per heavy atom. The van der Waals surface area contributed by atoms with Crippen molar-refractivity contribution in [2.75, 3.05) is 33.9 Å². The van der Waals surface area contributed by atoms with Gasteiger partial charge in [0.2, 0.25) is 0 Å². The molecule has 1 saturated heterocycles. The third kappa shape index (κ3) is 4.25. The summed E-state index contributed by atoms with van der Waals surface area (Å²) in [5, 5.41) is -0.122. The molecule has 118 valence electrons. The minimum atomic E-state index is -0.122. The molecule has 4 nitrogen and oxygen atoms in total. The third-order valence-corrected chi connectivity index (χ3v) is 4.06. The Labute approximate surface area is 131 Å². The first-order valence-corrected chi connectivity index (χ1v) is 7.71. The highest BCUT2D eigenvalue weighted by Gasteiger charge is 2.25. The van der Waals surface area contributed by atoms with Crippen LogP contribution in [0.1, 0.15) is 24.8 Å². The Morgan fingerprint density at radius 3 is 2.48 bits per heavy atom. The second-order valence-corrected chi connectivity index (χ2v) is 6.08. The van der Waals surface area contributed by atoms with E-state index in [9.17, 15) is 0 Å². The zero-order chi connectivity index (χ0) is 15.4. The molecule has 3 atom stereocenters. The lowest BCUT2D eigenvalue weighted by molar-refractivity contribution is -0.0678. The van der Waals surface area contributed by atoms with Gasteiger partial charge in [0.25, 0.3) is 0 Å². The van der Waals surface area contributed by atoms with Crippen LogP contribution in [0.15, 0.2) is 18.2 Å². The van der Waals surface area contributed by atoms with Gasteiger partial charge in [0.15, 0.2) is 0 Å². The van der Waals surface area contributed by atoms with E-state index in [0.29, 0.717) is 0 Å². The molecule has 1 aliphatic heterocycles. The van der Waals surface area contributed by atoms with Gasteiger partial charge in [-0.25, -0.2) is 0 Å². The Bertz CT molecular complexity index is 459. The number of morpholine rings is 1. The molecular weight excluding hydrogens is 290 g/mol. The van der Waals surface area contributed by atoms with Crippen molar-refractivity contribution in [2.45, 2.75) is 31.4 Å². The van der Waals surface area contributed by atoms with Crippen molar-refractivity contribution >= 4 is 11.6 Å². The van der Waals surface area contributed by atoms with E-state index >= 15 is 0 Å². The van der Waals surface area contributed by atoms with Gasteiger partial charge in [-0.1, -0.05) is 6.07 Å². The highest BCUT2D eigenvalue weighted by Crippen LogP contribution is 2.33. The predicted molar refractivity (Wildman–Crippen MR) is 84.6 cm³/mol. The van der Waals surface area contributed by atoms with E-state index in [1.165, 1.54) is 0 Å². The Morgan fingerprint density at radius 1 is 1.24 bits per heavy atom. The fourth-order valence-corrected chi connectivity index (χ4v) is 3.21. The van der Waals surface area contributed by atoms with Gasteiger partial charge in [0, 0.05) is 31.3 Å². The van der Waals surface area contributed by atoms with Crippen molar-refractivity contribution in [1.29, 1.82) is 0 Å². The largest absolute Gasteiger partial charge is 0.497 e. The van der Waals surface area contributed by atoms with E-state index in [1.807, 2.05) is 18.2 Å². The van der Waals surface area contributed by atoms with Crippen molar-refractivity contribution < 1.29 is 14.2 Å². The van der Waals surface area contributed by atoms with Crippen LogP contribution < -0.4 is 9.47 Å². The van der Waals surface area contributed by atoms with Gasteiger partial charge in [-0.2, -0.15) is 0 Å². The molecule has 1 aromatic carbocycles. The minimum absolute atomic E-state index is 0.122. The number of hydrogen-bond acceptors (Lipinski definition) is 4. The molecule has 2 rings (SSSR count). The maximum Gasteiger partial charge on any atom is 0.127 e. The molecule has 0 spiro atoms. The van der Waals surface area contributed by atoms with Crippen LogP contribution in [-0.2, 0) is 4.74 Å². The molecule has 0 N–H and O–H groups in total. The average molecular weight is 314 g/mol. The molecular formula is C16H24ClNO3. The van der Waals surface area contributed by atoms with Crippen LogP contribution in [0.4, 0.5) is 0 Å². The lowest BCUT2D eigenvalue weighted by Gasteiger charge is -2.36. The molecule has 5 heteroatoms. The van der Waals surface area contributed by atoms with Gasteiger partial charge < -0.3 is 14.2 Å². The molecule has 0 aliphatic carbocycles. The van der Waals surface area contributed by atoms with Gasteiger partial charge in [-0.05, 0) is 19.9 Å². The van der Waals surface area contributed by atoms with Gasteiger partial charge >= 0.3 is 0 Å². The van der Waals surface area contributed by atoms with Crippen LogP contribution in [0, 0.1) is 0 Å². The molecule has 0 aromatic heterocycles. The molecule has 1 aromatic rings. The number of methoxy groups -OCH3 is 2. The summed E-state index contributed by atoms with van der Waals surface area (Å²) in [6, 6.07) is 5.76. The fourth-order valence-electron chi connectivity index (χ4n) is 2.84. The van der Waals surface area contributed by atoms with Crippen LogP contribution in [0.2, 0.25) is 0 Å². The second-order valence-electron chi connectivity index (χ2n) is 5.55. The maximum atomic E-state index is 6.61. The summed E-state index contributed by atoms with van der Waals surface area (Å²) in [6.45, 7) is 6.79. The highest BCUT2D eigenvalue weighted by atomic mass is 35.5. The van der Waals surface area contributed by atoms with Gasteiger partial charge in [0.1, 0.15) is 11.5 Å². The fraction of sp³-hybridized carbons (Fsp3) is 0.625. The lowest BCUT2D eigenvalue weighted by atomic mass is 10.1. The monoisotopic (exact) mass is 313 g/mol. The summed E-state index contributed by atoms with van der Waals surface area (Å²) in [4.78, 5) is 2.35. The molecule has 1 fully saturated rings. The number of hydrogen-bond donors (Lipinski definition) is 0. The Kier molecular flexibility index (Phi) is 5.73. The molecule has 0 saturated carbocycles. The summed E-state index contributed by atoms with van der Waals surface area (Å²) in [5.74, 6) is 1.54. The normalized spacial score (nSPS) is 24.6. The van der Waals surface area contributed by atoms with Crippen LogP contribution >= 0.6 is 11.6 Å². The number of alkyl halides is 1. The predicted octanol–water partition coefficient (Wildman–Crippen LogP) is 3.09. The molecule has 0 amide bonds. The van der Waals surface area contributed by atoms with Crippen molar-refractivity contribution in [3.8, 4) is 11.5 Å². The van der Waals surface area contributed by atoms with Gasteiger partial charge in [0.05, 0.1) is 31.8 Å². The first kappa shape index (κ1) is 16.4. The molecule has 0 bridgehead atoms. The average Bonchev–Trinajstić information content (AvgIpc) is 2.45. The lowest BCUT2D eigenvalue weighted by Crippen LogP contribution is -2.46. The van der Waals surface area contributed by atoms with E-state index in [4.69, 9.17) is 25.8 Å². The SMILES string of the molecule is COc1ccc(C(Cl)CN2CC(C)OC(C)C2)c(OC)c1. The molecule has 21 heavy (non-hydrogen) atoms. The summed E-state index contributed by atoms with van der Waals surface area (Å²) < 4.78 is 16.4. The molecule has 3 unspecified atom stereocenters. The van der Waals surface area contributed by atoms with E-state index in [2.05, 4.69) is 18.7 Å². The number of ether oxygens (including phenoxy) is 3. The van der Waals surface area contributed by atoms with Crippen LogP contribution in [-0.4, -0.2) is 51.0 Å². The number of halogens is 1. The van der Waals surface area contributed by atoms with E-state index in [-0.39, 0.29) is 17.6 Å². The summed E-state index contributed by atoms with van der Waals surface area (Å²) in [6.07, 6.45) is 0.491. The highest BCUT2D eigenvalue weighted by molar-refractivity contribution is 6.21. The Balaban J connectivity index is 2.07. The minimum Gasteiger partial charge on any atom is -0.497 e. The zero-order valence-electron chi connectivity index (χ0n) is 13.1. The van der Waals surface area contributed by atoms with E-state index in [1.54, 1.807) is 14.2 Å². The maximum absolute atomic E-state index is 6.61. The third-order valence-electron chi connectivity index (χ3n) is 3.69. The number of nitrogens with zero attached hydrogens (tertiary/aromatic N) is 1. The smallest absolute Gasteiger partial charge is 0.127 e. The quantitative estimate of drug-likeness (QED) is 0.782. The molecule has 1 heterocycles.